The lowest BCUT2D eigenvalue weighted by Crippen LogP contribution is -2.51. The van der Waals surface area contributed by atoms with Gasteiger partial charge in [0, 0.05) is 69.0 Å². The number of benzene rings is 2. The maximum atomic E-state index is 15.0. The standard InChI is InChI=1S/C26H32ClF3N6O2/c27-14-23(37)15-34-9-7-33(8-10-34)11-12-35(22-4-1-20(28)2-5-22)16-26(38,17-36-19-31-18-32-36)24-6-3-21(29)13-25(24)30/h1-6,13,18-19,23,37-38H,7-12,14-17H2. The van der Waals surface area contributed by atoms with Gasteiger partial charge in [0.05, 0.1) is 19.2 Å². The molecule has 4 rings (SSSR count). The van der Waals surface area contributed by atoms with Crippen LogP contribution < -0.4 is 4.90 Å². The third kappa shape index (κ3) is 7.45. The van der Waals surface area contributed by atoms with Crippen molar-refractivity contribution < 1.29 is 23.4 Å². The first kappa shape index (κ1) is 28.3. The molecule has 2 unspecified atom stereocenters. The number of aliphatic hydroxyl groups excluding tert-OH is 1. The van der Waals surface area contributed by atoms with E-state index in [4.69, 9.17) is 11.6 Å². The van der Waals surface area contributed by atoms with E-state index in [1.165, 1.54) is 35.5 Å². The summed E-state index contributed by atoms with van der Waals surface area (Å²) in [7, 11) is 0. The predicted octanol–water partition coefficient (Wildman–Crippen LogP) is 2.31. The van der Waals surface area contributed by atoms with Gasteiger partial charge in [-0.2, -0.15) is 5.10 Å². The molecule has 38 heavy (non-hydrogen) atoms. The second-order valence-electron chi connectivity index (χ2n) is 9.60. The Bertz CT molecular complexity index is 1150. The minimum absolute atomic E-state index is 0.0665. The van der Waals surface area contributed by atoms with Crippen molar-refractivity contribution in [3.8, 4) is 0 Å². The molecule has 206 valence electrons. The van der Waals surface area contributed by atoms with Crippen LogP contribution in [0.5, 0.6) is 0 Å². The molecule has 1 aromatic heterocycles. The summed E-state index contributed by atoms with van der Waals surface area (Å²) >= 11 is 5.72. The Kier molecular flexibility index (Phi) is 9.61. The van der Waals surface area contributed by atoms with Crippen LogP contribution in [0.15, 0.2) is 55.1 Å². The molecular formula is C26H32ClF3N6O2. The second kappa shape index (κ2) is 12.9. The molecule has 2 heterocycles. The number of piperazine rings is 1. The molecule has 0 amide bonds. The largest absolute Gasteiger partial charge is 0.391 e. The van der Waals surface area contributed by atoms with Crippen LogP contribution in [0.3, 0.4) is 0 Å². The third-order valence-electron chi connectivity index (χ3n) is 6.76. The minimum Gasteiger partial charge on any atom is -0.391 e. The van der Waals surface area contributed by atoms with E-state index in [-0.39, 0.29) is 24.5 Å². The van der Waals surface area contributed by atoms with Gasteiger partial charge < -0.3 is 15.1 Å². The van der Waals surface area contributed by atoms with Gasteiger partial charge in [0.15, 0.2) is 0 Å². The summed E-state index contributed by atoms with van der Waals surface area (Å²) in [4.78, 5) is 10.2. The highest BCUT2D eigenvalue weighted by molar-refractivity contribution is 6.18. The molecule has 1 fully saturated rings. The molecule has 1 aliphatic rings. The van der Waals surface area contributed by atoms with Crippen LogP contribution in [0, 0.1) is 17.5 Å². The monoisotopic (exact) mass is 552 g/mol. The number of aliphatic hydroxyl groups is 2. The number of hydrogen-bond donors (Lipinski definition) is 2. The number of β-amino-alcohol motifs (C(OH)–C–C–N with tert-alkyl or cyclic N) is 1. The van der Waals surface area contributed by atoms with Crippen LogP contribution in [-0.2, 0) is 12.1 Å². The van der Waals surface area contributed by atoms with Crippen LogP contribution in [0.4, 0.5) is 18.9 Å². The summed E-state index contributed by atoms with van der Waals surface area (Å²) in [6, 6.07) is 8.96. The minimum atomic E-state index is -1.81. The van der Waals surface area contributed by atoms with E-state index in [9.17, 15) is 23.4 Å². The normalized spacial score (nSPS) is 17.3. The van der Waals surface area contributed by atoms with Crippen LogP contribution in [0.2, 0.25) is 0 Å². The van der Waals surface area contributed by atoms with Gasteiger partial charge in [-0.1, -0.05) is 6.07 Å². The highest BCUT2D eigenvalue weighted by Crippen LogP contribution is 2.30. The van der Waals surface area contributed by atoms with Crippen molar-refractivity contribution in [2.45, 2.75) is 18.2 Å². The molecule has 0 aliphatic carbocycles. The van der Waals surface area contributed by atoms with Gasteiger partial charge in [-0.25, -0.2) is 22.8 Å². The lowest BCUT2D eigenvalue weighted by Gasteiger charge is -2.39. The molecule has 2 atom stereocenters. The average molecular weight is 553 g/mol. The van der Waals surface area contributed by atoms with Crippen molar-refractivity contribution in [1.82, 2.24) is 24.6 Å². The van der Waals surface area contributed by atoms with Gasteiger partial charge >= 0.3 is 0 Å². The smallest absolute Gasteiger partial charge is 0.137 e. The summed E-state index contributed by atoms with van der Waals surface area (Å²) in [5.74, 6) is -1.82. The van der Waals surface area contributed by atoms with E-state index in [1.807, 2.05) is 4.90 Å². The molecule has 2 aromatic carbocycles. The first-order chi connectivity index (χ1) is 18.3. The van der Waals surface area contributed by atoms with Gasteiger partial charge in [0.2, 0.25) is 0 Å². The zero-order chi connectivity index (χ0) is 27.1. The summed E-state index contributed by atoms with van der Waals surface area (Å²) in [6.07, 6.45) is 2.16. The number of anilines is 1. The molecule has 0 saturated carbocycles. The second-order valence-corrected chi connectivity index (χ2v) is 9.91. The lowest BCUT2D eigenvalue weighted by atomic mass is 9.92. The maximum Gasteiger partial charge on any atom is 0.137 e. The van der Waals surface area contributed by atoms with Crippen molar-refractivity contribution in [2.24, 2.45) is 0 Å². The zero-order valence-electron chi connectivity index (χ0n) is 20.9. The molecule has 12 heteroatoms. The topological polar surface area (TPSA) is 80.9 Å². The van der Waals surface area contributed by atoms with Gasteiger partial charge in [-0.05, 0) is 30.3 Å². The van der Waals surface area contributed by atoms with Crippen LogP contribution >= 0.6 is 11.6 Å². The van der Waals surface area contributed by atoms with Crippen molar-refractivity contribution in [1.29, 1.82) is 0 Å². The fourth-order valence-electron chi connectivity index (χ4n) is 4.74. The summed E-state index contributed by atoms with van der Waals surface area (Å²) < 4.78 is 43.8. The van der Waals surface area contributed by atoms with E-state index in [2.05, 4.69) is 19.9 Å². The predicted molar refractivity (Wildman–Crippen MR) is 138 cm³/mol. The number of hydrogen-bond acceptors (Lipinski definition) is 7. The number of nitrogens with zero attached hydrogens (tertiary/aromatic N) is 6. The summed E-state index contributed by atoms with van der Waals surface area (Å²) in [5.41, 5.74) is -1.24. The first-order valence-corrected chi connectivity index (χ1v) is 13.0. The molecule has 1 saturated heterocycles. The Hall–Kier alpha value is -2.70. The van der Waals surface area contributed by atoms with Gasteiger partial charge in [0.25, 0.3) is 0 Å². The van der Waals surface area contributed by atoms with E-state index in [1.54, 1.807) is 12.1 Å². The van der Waals surface area contributed by atoms with E-state index < -0.39 is 29.2 Å². The van der Waals surface area contributed by atoms with Crippen molar-refractivity contribution >= 4 is 17.3 Å². The van der Waals surface area contributed by atoms with Crippen molar-refractivity contribution in [2.75, 3.05) is 63.1 Å². The quantitative estimate of drug-likeness (QED) is 0.334. The van der Waals surface area contributed by atoms with Crippen molar-refractivity contribution in [3.05, 3.63) is 78.1 Å². The maximum absolute atomic E-state index is 15.0. The molecule has 0 bridgehead atoms. The fourth-order valence-corrected chi connectivity index (χ4v) is 4.84. The summed E-state index contributed by atoms with van der Waals surface area (Å²) in [5, 5.41) is 25.8. The molecule has 1 aliphatic heterocycles. The Balaban J connectivity index is 1.54. The highest BCUT2D eigenvalue weighted by atomic mass is 35.5. The van der Waals surface area contributed by atoms with Crippen molar-refractivity contribution in [3.63, 3.8) is 0 Å². The lowest BCUT2D eigenvalue weighted by molar-refractivity contribution is 0.0179. The number of halogens is 4. The van der Waals surface area contributed by atoms with Gasteiger partial charge in [0.1, 0.15) is 35.7 Å². The molecule has 3 aromatic rings. The molecular weight excluding hydrogens is 521 g/mol. The van der Waals surface area contributed by atoms with E-state index >= 15 is 0 Å². The summed E-state index contributed by atoms with van der Waals surface area (Å²) in [6.45, 7) is 4.54. The van der Waals surface area contributed by atoms with Gasteiger partial charge in [-0.3, -0.25) is 9.80 Å². The molecule has 8 nitrogen and oxygen atoms in total. The van der Waals surface area contributed by atoms with Crippen LogP contribution in [0.1, 0.15) is 5.56 Å². The Morgan fingerprint density at radius 3 is 2.32 bits per heavy atom. The number of aromatic nitrogens is 3. The highest BCUT2D eigenvalue weighted by Gasteiger charge is 2.36. The third-order valence-corrected chi connectivity index (χ3v) is 7.12. The molecule has 0 radical (unpaired) electrons. The van der Waals surface area contributed by atoms with E-state index in [0.717, 1.165) is 38.3 Å². The Morgan fingerprint density at radius 1 is 1.00 bits per heavy atom. The average Bonchev–Trinajstić information content (AvgIpc) is 3.40. The first-order valence-electron chi connectivity index (χ1n) is 12.5. The molecule has 0 spiro atoms. The SMILES string of the molecule is OC(CCl)CN1CCN(CCN(CC(O)(Cn2cncn2)c2ccc(F)cc2F)c2ccc(F)cc2)CC1. The fraction of sp³-hybridized carbons (Fsp3) is 0.462. The number of alkyl halides is 1. The Labute approximate surface area is 224 Å². The molecule has 2 N–H and O–H groups in total. The number of rotatable bonds is 12. The Morgan fingerprint density at radius 2 is 1.68 bits per heavy atom. The van der Waals surface area contributed by atoms with E-state index in [0.29, 0.717) is 25.3 Å². The zero-order valence-corrected chi connectivity index (χ0v) is 21.7. The van der Waals surface area contributed by atoms with Crippen LogP contribution in [0.25, 0.3) is 0 Å². The van der Waals surface area contributed by atoms with Gasteiger partial charge in [-0.15, -0.1) is 11.6 Å². The van der Waals surface area contributed by atoms with Crippen LogP contribution in [-0.4, -0.2) is 99.1 Å².